The number of nitrogens with two attached hydrogens (primary N) is 1. The number of carboxylic acids is 2. The van der Waals surface area contributed by atoms with Crippen LogP contribution in [0.4, 0.5) is 0 Å². The fraction of sp³-hybridized carbons (Fsp3) is 0.455. The van der Waals surface area contributed by atoms with Crippen LogP contribution < -0.4 is 10.6 Å². The lowest BCUT2D eigenvalue weighted by atomic mass is 9.72. The number of carbonyl (C=O) groups is 4. The Morgan fingerprint density at radius 2 is 1.94 bits per heavy atom. The predicted octanol–water partition coefficient (Wildman–Crippen LogP) is -0.278. The fourth-order valence-electron chi connectivity index (χ4n) is 5.14. The van der Waals surface area contributed by atoms with Gasteiger partial charge in [-0.15, -0.1) is 0 Å². The van der Waals surface area contributed by atoms with Crippen LogP contribution in [-0.2, 0) is 25.6 Å². The predicted molar refractivity (Wildman–Crippen MR) is 113 cm³/mol. The molecule has 0 spiro atoms. The first-order chi connectivity index (χ1) is 15.5. The summed E-state index contributed by atoms with van der Waals surface area (Å²) in [6.07, 6.45) is 0.748. The van der Waals surface area contributed by atoms with Gasteiger partial charge in [0, 0.05) is 30.1 Å². The van der Waals surface area contributed by atoms with Gasteiger partial charge in [-0.1, -0.05) is 12.1 Å². The third-order valence-electron chi connectivity index (χ3n) is 6.69. The highest BCUT2D eigenvalue weighted by Gasteiger charge is 2.43. The van der Waals surface area contributed by atoms with Crippen molar-refractivity contribution in [3.8, 4) is 0 Å². The number of aliphatic hydroxyl groups is 1. The van der Waals surface area contributed by atoms with E-state index in [-0.39, 0.29) is 23.8 Å². The van der Waals surface area contributed by atoms with Crippen molar-refractivity contribution in [1.29, 1.82) is 0 Å². The lowest BCUT2D eigenvalue weighted by Crippen LogP contribution is -2.50. The molecule has 1 amide bonds. The standard InChI is InChI=1S/C22H25N3O8/c1-24-9-12(20(23)29)5-14-13-3-2-4-15-19(13)11(6-16(14)24)10-25(15)33-18(28)8-22(32,21(30)31)7-17(26)27/h2-4,10,12,14,16,32H,5-9H2,1H3,(H2,23,29)(H,26,27)(H,30,31)/t12?,14-,16-,22?/m1/s1. The van der Waals surface area contributed by atoms with Crippen LogP contribution in [0.3, 0.4) is 0 Å². The van der Waals surface area contributed by atoms with Gasteiger partial charge >= 0.3 is 17.9 Å². The van der Waals surface area contributed by atoms with Crippen molar-refractivity contribution in [3.63, 3.8) is 0 Å². The number of benzene rings is 1. The average Bonchev–Trinajstić information content (AvgIpc) is 3.06. The third-order valence-corrected chi connectivity index (χ3v) is 6.69. The number of fused-ring (bicyclic) bond motifs is 2. The summed E-state index contributed by atoms with van der Waals surface area (Å²) in [7, 11) is 1.95. The van der Waals surface area contributed by atoms with Gasteiger partial charge in [-0.05, 0) is 37.1 Å². The molecule has 1 aromatic heterocycles. The number of carboxylic acid groups (broad SMARTS) is 2. The third kappa shape index (κ3) is 4.05. The zero-order chi connectivity index (χ0) is 24.1. The lowest BCUT2D eigenvalue weighted by molar-refractivity contribution is -0.171. The number of nitrogens with zero attached hydrogens (tertiary/aromatic N) is 2. The van der Waals surface area contributed by atoms with Crippen molar-refractivity contribution in [2.24, 2.45) is 11.7 Å². The van der Waals surface area contributed by atoms with Gasteiger partial charge in [0.15, 0.2) is 5.60 Å². The lowest BCUT2D eigenvalue weighted by Gasteiger charge is -2.44. The molecule has 1 saturated heterocycles. The van der Waals surface area contributed by atoms with E-state index < -0.39 is 36.4 Å². The minimum absolute atomic E-state index is 0.0664. The van der Waals surface area contributed by atoms with E-state index in [1.54, 1.807) is 18.3 Å². The Hall–Kier alpha value is -3.44. The first-order valence-corrected chi connectivity index (χ1v) is 10.5. The van der Waals surface area contributed by atoms with E-state index in [0.717, 1.165) is 16.5 Å². The monoisotopic (exact) mass is 459 g/mol. The van der Waals surface area contributed by atoms with Crippen molar-refractivity contribution in [3.05, 3.63) is 35.5 Å². The molecule has 2 heterocycles. The number of likely N-dealkylation sites (N-methyl/N-ethyl adjacent to an activating group) is 1. The normalized spacial score (nSPS) is 24.0. The van der Waals surface area contributed by atoms with Gasteiger partial charge in [-0.2, -0.15) is 4.73 Å². The summed E-state index contributed by atoms with van der Waals surface area (Å²) < 4.78 is 1.22. The topological polar surface area (TPSA) is 172 Å². The van der Waals surface area contributed by atoms with Gasteiger partial charge in [-0.25, -0.2) is 9.59 Å². The summed E-state index contributed by atoms with van der Waals surface area (Å²) in [5.41, 5.74) is 5.32. The van der Waals surface area contributed by atoms with Crippen molar-refractivity contribution >= 4 is 34.7 Å². The molecule has 1 aliphatic heterocycles. The molecule has 4 rings (SSSR count). The number of likely N-dealkylation sites (tertiary alicyclic amines) is 1. The number of primary amides is 1. The molecule has 0 bridgehead atoms. The van der Waals surface area contributed by atoms with Crippen LogP contribution in [0.5, 0.6) is 0 Å². The second kappa shape index (κ2) is 8.16. The summed E-state index contributed by atoms with van der Waals surface area (Å²) in [6, 6.07) is 5.66. The van der Waals surface area contributed by atoms with Crippen LogP contribution in [0, 0.1) is 5.92 Å². The molecule has 5 N–H and O–H groups in total. The molecule has 1 aromatic carbocycles. The molecule has 2 unspecified atom stereocenters. The van der Waals surface area contributed by atoms with E-state index in [1.807, 2.05) is 13.1 Å². The largest absolute Gasteiger partial charge is 0.481 e. The molecule has 4 atom stereocenters. The van der Waals surface area contributed by atoms with Crippen molar-refractivity contribution in [1.82, 2.24) is 9.63 Å². The summed E-state index contributed by atoms with van der Waals surface area (Å²) in [5, 5.41) is 29.1. The molecule has 1 fully saturated rings. The van der Waals surface area contributed by atoms with Gasteiger partial charge in [0.1, 0.15) is 0 Å². The molecule has 2 aliphatic rings. The first kappa shape index (κ1) is 22.7. The Morgan fingerprint density at radius 3 is 2.58 bits per heavy atom. The van der Waals surface area contributed by atoms with Crippen LogP contribution in [0.15, 0.2) is 24.4 Å². The molecule has 11 nitrogen and oxygen atoms in total. The first-order valence-electron chi connectivity index (χ1n) is 10.5. The molecule has 0 radical (unpaired) electrons. The van der Waals surface area contributed by atoms with Crippen LogP contribution in [0.25, 0.3) is 10.9 Å². The van der Waals surface area contributed by atoms with E-state index in [1.165, 1.54) is 4.73 Å². The van der Waals surface area contributed by atoms with Crippen LogP contribution in [0.1, 0.15) is 36.3 Å². The van der Waals surface area contributed by atoms with Gasteiger partial charge in [0.25, 0.3) is 0 Å². The molecule has 33 heavy (non-hydrogen) atoms. The SMILES string of the molecule is CN1CC(C(N)=O)C[C@@H]2c3cccc4c3c(cn4OC(=O)CC(O)(CC(=O)O)C(=O)O)C[C@H]21. The molecular formula is C22H25N3O8. The highest BCUT2D eigenvalue weighted by atomic mass is 16.7. The molecule has 11 heteroatoms. The highest BCUT2D eigenvalue weighted by Crippen LogP contribution is 2.44. The summed E-state index contributed by atoms with van der Waals surface area (Å²) in [5.74, 6) is -5.00. The Morgan fingerprint density at radius 1 is 1.21 bits per heavy atom. The number of amides is 1. The fourth-order valence-corrected chi connectivity index (χ4v) is 5.14. The van der Waals surface area contributed by atoms with Gasteiger partial charge < -0.3 is 30.8 Å². The van der Waals surface area contributed by atoms with Crippen LogP contribution in [0.2, 0.25) is 0 Å². The highest BCUT2D eigenvalue weighted by molar-refractivity contribution is 5.91. The summed E-state index contributed by atoms with van der Waals surface area (Å²) >= 11 is 0. The molecular weight excluding hydrogens is 434 g/mol. The van der Waals surface area contributed by atoms with Gasteiger partial charge in [0.05, 0.1) is 24.3 Å². The number of rotatable bonds is 7. The second-order valence-electron chi connectivity index (χ2n) is 8.92. The zero-order valence-electron chi connectivity index (χ0n) is 17.9. The number of carbonyl (C=O) groups excluding carboxylic acids is 2. The molecule has 0 saturated carbocycles. The number of aromatic nitrogens is 1. The maximum Gasteiger partial charge on any atom is 0.336 e. The number of aliphatic carboxylic acids is 2. The summed E-state index contributed by atoms with van der Waals surface area (Å²) in [4.78, 5) is 54.0. The van der Waals surface area contributed by atoms with Gasteiger partial charge in [-0.3, -0.25) is 9.59 Å². The Labute approximate surface area is 188 Å². The second-order valence-corrected chi connectivity index (χ2v) is 8.92. The maximum atomic E-state index is 12.5. The van der Waals surface area contributed by atoms with Crippen molar-refractivity contribution in [2.45, 2.75) is 43.2 Å². The van der Waals surface area contributed by atoms with Crippen LogP contribution >= 0.6 is 0 Å². The van der Waals surface area contributed by atoms with E-state index in [9.17, 15) is 29.4 Å². The summed E-state index contributed by atoms with van der Waals surface area (Å²) in [6.45, 7) is 0.564. The van der Waals surface area contributed by atoms with E-state index in [2.05, 4.69) is 4.90 Å². The molecule has 1 aliphatic carbocycles. The molecule has 176 valence electrons. The number of hydrogen-bond donors (Lipinski definition) is 4. The maximum absolute atomic E-state index is 12.5. The van der Waals surface area contributed by atoms with Crippen molar-refractivity contribution in [2.75, 3.05) is 13.6 Å². The molecule has 2 aromatic rings. The minimum Gasteiger partial charge on any atom is -0.481 e. The average molecular weight is 459 g/mol. The smallest absolute Gasteiger partial charge is 0.336 e. The van der Waals surface area contributed by atoms with Crippen molar-refractivity contribution < 1.29 is 39.3 Å². The quantitative estimate of drug-likeness (QED) is 0.434. The van der Waals surface area contributed by atoms with E-state index in [4.69, 9.17) is 15.7 Å². The minimum atomic E-state index is -2.78. The Kier molecular flexibility index (Phi) is 5.62. The van der Waals surface area contributed by atoms with Crippen LogP contribution in [-0.4, -0.2) is 74.0 Å². The van der Waals surface area contributed by atoms with Gasteiger partial charge in [0.2, 0.25) is 5.91 Å². The number of piperidine rings is 1. The Balaban J connectivity index is 1.64. The number of hydrogen-bond acceptors (Lipinski definition) is 7. The van der Waals surface area contributed by atoms with E-state index in [0.29, 0.717) is 24.9 Å². The zero-order valence-corrected chi connectivity index (χ0v) is 17.9. The van der Waals surface area contributed by atoms with E-state index >= 15 is 0 Å². The Bertz CT molecular complexity index is 1160.